The first kappa shape index (κ1) is 31.9. The van der Waals surface area contributed by atoms with Crippen molar-refractivity contribution >= 4 is 43.7 Å². The molecule has 0 fully saturated rings. The zero-order chi connectivity index (χ0) is 37.0. The van der Waals surface area contributed by atoms with Gasteiger partial charge in [-0.25, -0.2) is 4.98 Å². The molecule has 3 heterocycles. The highest BCUT2D eigenvalue weighted by Gasteiger charge is 2.21. The topological polar surface area (TPSA) is 56.7 Å². The molecule has 11 rings (SSSR count). The van der Waals surface area contributed by atoms with Crippen LogP contribution in [-0.4, -0.2) is 19.5 Å². The molecule has 0 bridgehead atoms. The largest absolute Gasteiger partial charge is 0.456 e. The Balaban J connectivity index is 1.10. The molecule has 262 valence electrons. The Morgan fingerprint density at radius 1 is 0.339 bits per heavy atom. The van der Waals surface area contributed by atoms with Crippen LogP contribution >= 0.6 is 0 Å². The average molecular weight is 717 g/mol. The SMILES string of the molecule is c1ccc(-c2ccc(-c3nc(-c4ccccc4)nc(-n4c5ccccc5c5cccc(-c6cccc(-c7ccc8c(c7)oc7ccccc78)c6)c54)n3)cc2)cc1. The fraction of sp³-hybridized carbons (Fsp3) is 0. The van der Waals surface area contributed by atoms with E-state index in [1.807, 2.05) is 48.5 Å². The maximum atomic E-state index is 6.27. The highest BCUT2D eigenvalue weighted by Crippen LogP contribution is 2.40. The molecule has 0 N–H and O–H groups in total. The molecule has 0 radical (unpaired) electrons. The maximum absolute atomic E-state index is 6.27. The number of para-hydroxylation sites is 3. The molecule has 8 aromatic carbocycles. The third kappa shape index (κ3) is 5.37. The quantitative estimate of drug-likeness (QED) is 0.172. The summed E-state index contributed by atoms with van der Waals surface area (Å²) in [5, 5.41) is 4.51. The van der Waals surface area contributed by atoms with Gasteiger partial charge in [-0.1, -0.05) is 164 Å². The van der Waals surface area contributed by atoms with Crippen LogP contribution in [0.5, 0.6) is 0 Å². The van der Waals surface area contributed by atoms with Gasteiger partial charge in [0, 0.05) is 38.2 Å². The Morgan fingerprint density at radius 3 is 1.68 bits per heavy atom. The van der Waals surface area contributed by atoms with Gasteiger partial charge in [-0.15, -0.1) is 0 Å². The average Bonchev–Trinajstić information content (AvgIpc) is 3.82. The Labute approximate surface area is 322 Å². The van der Waals surface area contributed by atoms with Crippen molar-refractivity contribution in [3.05, 3.63) is 194 Å². The van der Waals surface area contributed by atoms with Gasteiger partial charge < -0.3 is 4.42 Å². The molecular formula is C51H32N4O. The lowest BCUT2D eigenvalue weighted by atomic mass is 9.97. The first-order valence-electron chi connectivity index (χ1n) is 18.8. The summed E-state index contributed by atoms with van der Waals surface area (Å²) in [4.78, 5) is 15.5. The van der Waals surface area contributed by atoms with Crippen LogP contribution < -0.4 is 0 Å². The van der Waals surface area contributed by atoms with E-state index in [0.717, 1.165) is 88.3 Å². The predicted octanol–water partition coefficient (Wildman–Crippen LogP) is 13.2. The first-order valence-corrected chi connectivity index (χ1v) is 18.8. The third-order valence-corrected chi connectivity index (χ3v) is 10.7. The molecule has 0 spiro atoms. The van der Waals surface area contributed by atoms with Gasteiger partial charge in [0.05, 0.1) is 11.0 Å². The van der Waals surface area contributed by atoms with Crippen LogP contribution in [-0.2, 0) is 0 Å². The van der Waals surface area contributed by atoms with Crippen molar-refractivity contribution in [3.8, 4) is 62.1 Å². The summed E-state index contributed by atoms with van der Waals surface area (Å²) in [6.07, 6.45) is 0. The number of hydrogen-bond donors (Lipinski definition) is 0. The lowest BCUT2D eigenvalue weighted by molar-refractivity contribution is 0.669. The van der Waals surface area contributed by atoms with Crippen LogP contribution in [0.25, 0.3) is 106 Å². The molecule has 5 nitrogen and oxygen atoms in total. The van der Waals surface area contributed by atoms with Gasteiger partial charge in [0.1, 0.15) is 11.2 Å². The first-order chi connectivity index (χ1) is 27.7. The molecule has 0 saturated carbocycles. The molecule has 0 atom stereocenters. The Kier molecular flexibility index (Phi) is 7.42. The van der Waals surface area contributed by atoms with Crippen molar-refractivity contribution in [2.24, 2.45) is 0 Å². The Bertz CT molecular complexity index is 3240. The van der Waals surface area contributed by atoms with Gasteiger partial charge in [-0.05, 0) is 58.1 Å². The van der Waals surface area contributed by atoms with E-state index in [2.05, 4.69) is 150 Å². The summed E-state index contributed by atoms with van der Waals surface area (Å²) < 4.78 is 8.48. The molecule has 0 aliphatic heterocycles. The van der Waals surface area contributed by atoms with Gasteiger partial charge in [-0.2, -0.15) is 9.97 Å². The number of hydrogen-bond acceptors (Lipinski definition) is 4. The van der Waals surface area contributed by atoms with Crippen molar-refractivity contribution in [1.82, 2.24) is 19.5 Å². The summed E-state index contributed by atoms with van der Waals surface area (Å²) >= 11 is 0. The van der Waals surface area contributed by atoms with Crippen LogP contribution in [0.2, 0.25) is 0 Å². The summed E-state index contributed by atoms with van der Waals surface area (Å²) in [7, 11) is 0. The van der Waals surface area contributed by atoms with Crippen LogP contribution in [0.4, 0.5) is 0 Å². The second-order valence-electron chi connectivity index (χ2n) is 14.0. The second-order valence-corrected chi connectivity index (χ2v) is 14.0. The molecule has 11 aromatic rings. The number of rotatable bonds is 6. The lowest BCUT2D eigenvalue weighted by Gasteiger charge is -2.13. The van der Waals surface area contributed by atoms with Crippen molar-refractivity contribution in [2.45, 2.75) is 0 Å². The molecule has 0 amide bonds. The van der Waals surface area contributed by atoms with Gasteiger partial charge in [0.15, 0.2) is 11.6 Å². The molecule has 56 heavy (non-hydrogen) atoms. The van der Waals surface area contributed by atoms with E-state index in [1.54, 1.807) is 0 Å². The number of benzene rings is 8. The third-order valence-electron chi connectivity index (χ3n) is 10.7. The molecule has 3 aromatic heterocycles. The molecule has 0 unspecified atom stereocenters. The zero-order valence-electron chi connectivity index (χ0n) is 30.2. The maximum Gasteiger partial charge on any atom is 0.238 e. The van der Waals surface area contributed by atoms with Gasteiger partial charge in [0.25, 0.3) is 0 Å². The van der Waals surface area contributed by atoms with E-state index in [4.69, 9.17) is 19.4 Å². The van der Waals surface area contributed by atoms with Crippen molar-refractivity contribution < 1.29 is 4.42 Å². The number of furan rings is 1. The smallest absolute Gasteiger partial charge is 0.238 e. The minimum Gasteiger partial charge on any atom is -0.456 e. The summed E-state index contributed by atoms with van der Waals surface area (Å²) in [5.41, 5.74) is 12.4. The van der Waals surface area contributed by atoms with Gasteiger partial charge in [0.2, 0.25) is 5.95 Å². The monoisotopic (exact) mass is 716 g/mol. The van der Waals surface area contributed by atoms with Crippen LogP contribution in [0.15, 0.2) is 199 Å². The molecule has 0 aliphatic carbocycles. The fourth-order valence-corrected chi connectivity index (χ4v) is 7.98. The second kappa shape index (κ2) is 13.0. The summed E-state index contributed by atoms with van der Waals surface area (Å²) in [6.45, 7) is 0. The molecule has 5 heteroatoms. The van der Waals surface area contributed by atoms with Gasteiger partial charge >= 0.3 is 0 Å². The van der Waals surface area contributed by atoms with E-state index in [-0.39, 0.29) is 0 Å². The molecule has 0 saturated heterocycles. The molecular weight excluding hydrogens is 685 g/mol. The van der Waals surface area contributed by atoms with Crippen molar-refractivity contribution in [3.63, 3.8) is 0 Å². The van der Waals surface area contributed by atoms with Crippen LogP contribution in [0.1, 0.15) is 0 Å². The fourth-order valence-electron chi connectivity index (χ4n) is 7.98. The standard InChI is InChI=1S/C51H32N4O/c1-3-13-33(14-4-1)34-25-27-36(28-26-34)50-52-49(35-15-5-2-6-16-35)53-51(54-50)55-45-23-9-7-19-41(45)44-22-12-21-40(48(44)55)39-18-11-17-37(31-39)38-29-30-43-42-20-8-10-24-46(42)56-47(43)32-38/h1-32H. The minimum absolute atomic E-state index is 0.561. The lowest BCUT2D eigenvalue weighted by Crippen LogP contribution is -2.07. The van der Waals surface area contributed by atoms with Crippen LogP contribution in [0.3, 0.4) is 0 Å². The Morgan fingerprint density at radius 2 is 0.875 bits per heavy atom. The number of fused-ring (bicyclic) bond motifs is 6. The Hall–Kier alpha value is -7.63. The van der Waals surface area contributed by atoms with E-state index >= 15 is 0 Å². The zero-order valence-corrected chi connectivity index (χ0v) is 30.2. The van der Waals surface area contributed by atoms with Gasteiger partial charge in [-0.3, -0.25) is 4.57 Å². The van der Waals surface area contributed by atoms with Crippen LogP contribution in [0, 0.1) is 0 Å². The number of aromatic nitrogens is 4. The van der Waals surface area contributed by atoms with E-state index < -0.39 is 0 Å². The molecule has 0 aliphatic rings. The predicted molar refractivity (Wildman–Crippen MR) is 229 cm³/mol. The van der Waals surface area contributed by atoms with E-state index in [9.17, 15) is 0 Å². The number of nitrogens with zero attached hydrogens (tertiary/aromatic N) is 4. The van der Waals surface area contributed by atoms with E-state index in [1.165, 1.54) is 0 Å². The summed E-state index contributed by atoms with van der Waals surface area (Å²) in [6, 6.07) is 67.5. The minimum atomic E-state index is 0.561. The highest BCUT2D eigenvalue weighted by molar-refractivity contribution is 6.14. The summed E-state index contributed by atoms with van der Waals surface area (Å²) in [5.74, 6) is 1.79. The van der Waals surface area contributed by atoms with Crippen molar-refractivity contribution in [1.29, 1.82) is 0 Å². The highest BCUT2D eigenvalue weighted by atomic mass is 16.3. The van der Waals surface area contributed by atoms with E-state index in [0.29, 0.717) is 17.6 Å². The normalized spacial score (nSPS) is 11.6. The van der Waals surface area contributed by atoms with Crippen molar-refractivity contribution in [2.75, 3.05) is 0 Å².